The summed E-state index contributed by atoms with van der Waals surface area (Å²) in [6, 6.07) is 7.09. The molecule has 0 aliphatic carbocycles. The molecule has 5 heteroatoms. The van der Waals surface area contributed by atoms with Crippen molar-refractivity contribution >= 4 is 5.97 Å². The smallest absolute Gasteiger partial charge is 0.307 e. The molecule has 0 atom stereocenters. The third kappa shape index (κ3) is 2.76. The zero-order valence-electron chi connectivity index (χ0n) is 9.66. The second-order valence-corrected chi connectivity index (χ2v) is 3.99. The van der Waals surface area contributed by atoms with Crippen LogP contribution in [0.5, 0.6) is 0 Å². The predicted molar refractivity (Wildman–Crippen MR) is 63.1 cm³/mol. The Morgan fingerprint density at radius 2 is 1.74 bits per heavy atom. The van der Waals surface area contributed by atoms with Crippen LogP contribution in [0.3, 0.4) is 0 Å². The van der Waals surface area contributed by atoms with Gasteiger partial charge in [-0.25, -0.2) is 13.2 Å². The lowest BCUT2D eigenvalue weighted by molar-refractivity contribution is -0.136. The molecule has 0 spiro atoms. The van der Waals surface area contributed by atoms with Gasteiger partial charge in [-0.1, -0.05) is 24.3 Å². The molecule has 0 saturated carbocycles. The molecule has 0 unspecified atom stereocenters. The zero-order chi connectivity index (χ0) is 14.0. The van der Waals surface area contributed by atoms with Crippen molar-refractivity contribution in [3.05, 3.63) is 59.4 Å². The van der Waals surface area contributed by atoms with Gasteiger partial charge >= 0.3 is 5.97 Å². The van der Waals surface area contributed by atoms with Crippen LogP contribution in [0.4, 0.5) is 13.2 Å². The third-order valence-corrected chi connectivity index (χ3v) is 2.63. The summed E-state index contributed by atoms with van der Waals surface area (Å²) < 4.78 is 40.4. The number of carboxylic acids is 1. The van der Waals surface area contributed by atoms with E-state index in [1.165, 1.54) is 24.3 Å². The van der Waals surface area contributed by atoms with E-state index in [0.29, 0.717) is 0 Å². The molecule has 2 nitrogen and oxygen atoms in total. The summed E-state index contributed by atoms with van der Waals surface area (Å²) in [5, 5.41) is 8.59. The van der Waals surface area contributed by atoms with Crippen LogP contribution >= 0.6 is 0 Å². The molecule has 0 bridgehead atoms. The van der Waals surface area contributed by atoms with Crippen molar-refractivity contribution in [1.82, 2.24) is 0 Å². The maximum Gasteiger partial charge on any atom is 0.307 e. The first kappa shape index (κ1) is 13.1. The van der Waals surface area contributed by atoms with E-state index in [2.05, 4.69) is 0 Å². The van der Waals surface area contributed by atoms with Crippen LogP contribution in [0, 0.1) is 17.5 Å². The van der Waals surface area contributed by atoms with Gasteiger partial charge in [-0.15, -0.1) is 0 Å². The van der Waals surface area contributed by atoms with E-state index < -0.39 is 23.4 Å². The Balaban J connectivity index is 2.46. The van der Waals surface area contributed by atoms with Crippen LogP contribution in [0.2, 0.25) is 0 Å². The monoisotopic (exact) mass is 266 g/mol. The largest absolute Gasteiger partial charge is 0.481 e. The quantitative estimate of drug-likeness (QED) is 0.924. The molecule has 98 valence electrons. The average molecular weight is 266 g/mol. The Morgan fingerprint density at radius 3 is 2.37 bits per heavy atom. The molecule has 19 heavy (non-hydrogen) atoms. The first-order valence-electron chi connectivity index (χ1n) is 5.43. The molecule has 0 amide bonds. The fourth-order valence-electron chi connectivity index (χ4n) is 1.77. The minimum atomic E-state index is -1.13. The molecular weight excluding hydrogens is 257 g/mol. The van der Waals surface area contributed by atoms with Gasteiger partial charge in [0.2, 0.25) is 0 Å². The number of carbonyl (C=O) groups is 1. The number of aliphatic carboxylic acids is 1. The van der Waals surface area contributed by atoms with Crippen molar-refractivity contribution in [3.8, 4) is 11.1 Å². The molecule has 2 aromatic rings. The van der Waals surface area contributed by atoms with Gasteiger partial charge in [0.1, 0.15) is 5.82 Å². The van der Waals surface area contributed by atoms with Gasteiger partial charge in [0.05, 0.1) is 6.42 Å². The number of carboxylic acid groups (broad SMARTS) is 1. The highest BCUT2D eigenvalue weighted by atomic mass is 19.2. The van der Waals surface area contributed by atoms with Crippen molar-refractivity contribution in [2.75, 3.05) is 0 Å². The molecule has 0 aliphatic rings. The highest BCUT2D eigenvalue weighted by molar-refractivity contribution is 5.71. The molecule has 2 aromatic carbocycles. The van der Waals surface area contributed by atoms with Crippen LogP contribution < -0.4 is 0 Å². The summed E-state index contributed by atoms with van der Waals surface area (Å²) in [5.41, 5.74) is -0.0453. The standard InChI is InChI=1S/C14H9F3O2/c15-11-3-1-2-10(14(11)17)9-5-4-8(6-12(9)16)7-13(18)19/h1-6H,7H2,(H,18,19). The van der Waals surface area contributed by atoms with Gasteiger partial charge in [0.15, 0.2) is 11.6 Å². The van der Waals surface area contributed by atoms with E-state index in [0.717, 1.165) is 12.1 Å². The fourth-order valence-corrected chi connectivity index (χ4v) is 1.77. The van der Waals surface area contributed by atoms with E-state index in [1.807, 2.05) is 0 Å². The Hall–Kier alpha value is -2.30. The number of benzene rings is 2. The number of hydrogen-bond donors (Lipinski definition) is 1. The average Bonchev–Trinajstić information content (AvgIpc) is 2.33. The summed E-state index contributed by atoms with van der Waals surface area (Å²) >= 11 is 0. The lowest BCUT2D eigenvalue weighted by Gasteiger charge is -2.07. The highest BCUT2D eigenvalue weighted by Gasteiger charge is 2.14. The fraction of sp³-hybridized carbons (Fsp3) is 0.0714. The maximum atomic E-state index is 13.8. The number of rotatable bonds is 3. The Labute approximate surface area is 107 Å². The molecule has 0 aromatic heterocycles. The van der Waals surface area contributed by atoms with Crippen molar-refractivity contribution in [3.63, 3.8) is 0 Å². The highest BCUT2D eigenvalue weighted by Crippen LogP contribution is 2.27. The van der Waals surface area contributed by atoms with E-state index in [-0.39, 0.29) is 23.1 Å². The molecule has 0 saturated heterocycles. The third-order valence-electron chi connectivity index (χ3n) is 2.63. The lowest BCUT2D eigenvalue weighted by atomic mass is 10.0. The van der Waals surface area contributed by atoms with Crippen molar-refractivity contribution in [2.45, 2.75) is 6.42 Å². The summed E-state index contributed by atoms with van der Waals surface area (Å²) in [4.78, 5) is 10.5. The number of halogens is 3. The van der Waals surface area contributed by atoms with E-state index in [4.69, 9.17) is 5.11 Å². The topological polar surface area (TPSA) is 37.3 Å². The molecule has 0 fully saturated rings. The van der Waals surface area contributed by atoms with Gasteiger partial charge in [-0.3, -0.25) is 4.79 Å². The summed E-state index contributed by atoms with van der Waals surface area (Å²) in [5.74, 6) is -4.08. The molecule has 0 radical (unpaired) electrons. The second kappa shape index (κ2) is 5.14. The number of hydrogen-bond acceptors (Lipinski definition) is 1. The van der Waals surface area contributed by atoms with E-state index >= 15 is 0 Å². The Morgan fingerprint density at radius 1 is 1.00 bits per heavy atom. The Kier molecular flexibility index (Phi) is 3.55. The SMILES string of the molecule is O=C(O)Cc1ccc(-c2cccc(F)c2F)c(F)c1. The van der Waals surface area contributed by atoms with Gasteiger partial charge in [0.25, 0.3) is 0 Å². The Bertz CT molecular complexity index is 639. The maximum absolute atomic E-state index is 13.8. The van der Waals surface area contributed by atoms with E-state index in [9.17, 15) is 18.0 Å². The summed E-state index contributed by atoms with van der Waals surface area (Å²) in [7, 11) is 0. The van der Waals surface area contributed by atoms with Crippen LogP contribution in [-0.2, 0) is 11.2 Å². The van der Waals surface area contributed by atoms with Gasteiger partial charge in [-0.2, -0.15) is 0 Å². The van der Waals surface area contributed by atoms with Crippen molar-refractivity contribution in [2.24, 2.45) is 0 Å². The minimum absolute atomic E-state index is 0.105. The minimum Gasteiger partial charge on any atom is -0.481 e. The predicted octanol–water partition coefficient (Wildman–Crippen LogP) is 3.40. The lowest BCUT2D eigenvalue weighted by Crippen LogP contribution is -2.01. The molecule has 1 N–H and O–H groups in total. The summed E-state index contributed by atoms with van der Waals surface area (Å²) in [6.45, 7) is 0. The van der Waals surface area contributed by atoms with Crippen LogP contribution in [0.1, 0.15) is 5.56 Å². The van der Waals surface area contributed by atoms with E-state index in [1.54, 1.807) is 0 Å². The molecule has 0 aliphatic heterocycles. The first-order valence-corrected chi connectivity index (χ1v) is 5.43. The summed E-state index contributed by atoms with van der Waals surface area (Å²) in [6.07, 6.45) is -0.331. The van der Waals surface area contributed by atoms with Gasteiger partial charge in [-0.05, 0) is 17.7 Å². The van der Waals surface area contributed by atoms with Crippen LogP contribution in [0.25, 0.3) is 11.1 Å². The normalized spacial score (nSPS) is 10.5. The van der Waals surface area contributed by atoms with Gasteiger partial charge in [0, 0.05) is 11.1 Å². The van der Waals surface area contributed by atoms with Crippen molar-refractivity contribution in [1.29, 1.82) is 0 Å². The van der Waals surface area contributed by atoms with Crippen LogP contribution in [0.15, 0.2) is 36.4 Å². The molecular formula is C14H9F3O2. The van der Waals surface area contributed by atoms with Crippen LogP contribution in [-0.4, -0.2) is 11.1 Å². The molecule has 2 rings (SSSR count). The van der Waals surface area contributed by atoms with Gasteiger partial charge < -0.3 is 5.11 Å². The first-order chi connectivity index (χ1) is 8.99. The zero-order valence-corrected chi connectivity index (χ0v) is 9.66. The molecule has 0 heterocycles. The van der Waals surface area contributed by atoms with Crippen molar-refractivity contribution < 1.29 is 23.1 Å². The second-order valence-electron chi connectivity index (χ2n) is 3.99.